The Labute approximate surface area is 219 Å². The first-order valence-electron chi connectivity index (χ1n) is 11.7. The molecule has 37 heavy (non-hydrogen) atoms. The van der Waals surface area contributed by atoms with Gasteiger partial charge in [-0.2, -0.15) is 0 Å². The summed E-state index contributed by atoms with van der Waals surface area (Å²) in [6.45, 7) is 9.05. The molecule has 0 unspecified atom stereocenters. The second-order valence-electron chi connectivity index (χ2n) is 7.92. The number of nitrogens with two attached hydrogens (primary N) is 2. The Kier molecular flexibility index (Phi) is 10.2. The first kappa shape index (κ1) is 29.3. The van der Waals surface area contributed by atoms with Gasteiger partial charge in [-0.3, -0.25) is 9.29 Å². The van der Waals surface area contributed by atoms with Crippen molar-refractivity contribution in [2.24, 2.45) is 11.5 Å². The van der Waals surface area contributed by atoms with Gasteiger partial charge in [-0.05, 0) is 57.2 Å². The SMILES string of the molecule is CC.COc1cccc(OC)c1-n1c(NS(=O)(=O)[C@H](C)C/C(N)=C/C=C(/C)N)nnc1-c1ccc(C)o1.[HH]. The minimum atomic E-state index is -3.94. The van der Waals surface area contributed by atoms with Gasteiger partial charge in [0, 0.05) is 19.2 Å². The van der Waals surface area contributed by atoms with Gasteiger partial charge in [-0.25, -0.2) is 8.42 Å². The fraction of sp³-hybridized carbons (Fsp3) is 0.360. The number of aryl methyl sites for hydroxylation is 1. The van der Waals surface area contributed by atoms with Crippen molar-refractivity contribution in [2.75, 3.05) is 18.9 Å². The lowest BCUT2D eigenvalue weighted by Crippen LogP contribution is -2.28. The number of hydrogen-bond acceptors (Lipinski definition) is 9. The van der Waals surface area contributed by atoms with Crippen molar-refractivity contribution >= 4 is 16.0 Å². The minimum Gasteiger partial charge on any atom is -0.494 e. The number of aromatic nitrogens is 3. The number of hydrogen-bond donors (Lipinski definition) is 3. The van der Waals surface area contributed by atoms with Crippen molar-refractivity contribution < 1.29 is 23.7 Å². The van der Waals surface area contributed by atoms with Gasteiger partial charge in [0.25, 0.3) is 0 Å². The number of anilines is 1. The highest BCUT2D eigenvalue weighted by molar-refractivity contribution is 7.93. The number of para-hydroxylation sites is 1. The molecule has 0 saturated carbocycles. The molecule has 0 spiro atoms. The Morgan fingerprint density at radius 1 is 1.14 bits per heavy atom. The molecule has 0 radical (unpaired) electrons. The molecule has 2 heterocycles. The lowest BCUT2D eigenvalue weighted by Gasteiger charge is -2.18. The first-order valence-corrected chi connectivity index (χ1v) is 13.3. The van der Waals surface area contributed by atoms with E-state index in [0.29, 0.717) is 40.1 Å². The van der Waals surface area contributed by atoms with Crippen LogP contribution in [0.4, 0.5) is 5.95 Å². The summed E-state index contributed by atoms with van der Waals surface area (Å²) in [7, 11) is -0.943. The number of furan rings is 1. The summed E-state index contributed by atoms with van der Waals surface area (Å²) in [5, 5.41) is 7.43. The average molecular weight is 535 g/mol. The predicted molar refractivity (Wildman–Crippen MR) is 147 cm³/mol. The van der Waals surface area contributed by atoms with Gasteiger partial charge in [-0.15, -0.1) is 10.2 Å². The predicted octanol–water partition coefficient (Wildman–Crippen LogP) is 4.35. The van der Waals surface area contributed by atoms with Crippen LogP contribution in [-0.2, 0) is 10.0 Å². The molecule has 204 valence electrons. The van der Waals surface area contributed by atoms with Gasteiger partial charge in [0.1, 0.15) is 22.9 Å². The summed E-state index contributed by atoms with van der Waals surface area (Å²) >= 11 is 0. The summed E-state index contributed by atoms with van der Waals surface area (Å²) in [5.41, 5.74) is 12.9. The molecule has 1 atom stereocenters. The second kappa shape index (κ2) is 12.9. The first-order chi connectivity index (χ1) is 17.6. The molecule has 3 rings (SSSR count). The van der Waals surface area contributed by atoms with Crippen LogP contribution in [0, 0.1) is 6.92 Å². The van der Waals surface area contributed by atoms with Crippen molar-refractivity contribution in [3.05, 3.63) is 59.6 Å². The molecular formula is C25H38N6O5S. The second-order valence-corrected chi connectivity index (χ2v) is 10.0. The molecule has 1 aromatic carbocycles. The Morgan fingerprint density at radius 3 is 2.27 bits per heavy atom. The Morgan fingerprint density at radius 2 is 1.76 bits per heavy atom. The van der Waals surface area contributed by atoms with E-state index in [1.165, 1.54) is 18.8 Å². The summed E-state index contributed by atoms with van der Waals surface area (Å²) < 4.78 is 47.3. The number of ether oxygens (including phenoxy) is 2. The highest BCUT2D eigenvalue weighted by Gasteiger charge is 2.29. The zero-order valence-corrected chi connectivity index (χ0v) is 23.1. The van der Waals surface area contributed by atoms with E-state index in [-0.39, 0.29) is 19.6 Å². The number of allylic oxidation sites excluding steroid dienone is 4. The molecule has 0 aliphatic rings. The summed E-state index contributed by atoms with van der Waals surface area (Å²) in [5.74, 6) is 2.06. The maximum absolute atomic E-state index is 13.2. The number of nitrogens with zero attached hydrogens (tertiary/aromatic N) is 3. The molecular weight excluding hydrogens is 496 g/mol. The topological polar surface area (TPSA) is 161 Å². The summed E-state index contributed by atoms with van der Waals surface area (Å²) in [6.07, 6.45) is 3.28. The van der Waals surface area contributed by atoms with Crippen molar-refractivity contribution in [3.63, 3.8) is 0 Å². The van der Waals surface area contributed by atoms with Gasteiger partial charge in [0.2, 0.25) is 21.8 Å². The Balaban J connectivity index is 0.00000235. The van der Waals surface area contributed by atoms with Crippen LogP contribution in [0.2, 0.25) is 0 Å². The standard InChI is InChI=1S/C23H30N6O5S.C2H6.H2/c1-14(24)9-11-17(25)13-16(3)35(30,31)28-23-27-26-22(20-12-10-15(2)34-20)29(23)21-18(32-4)7-6-8-19(21)33-5;1-2;/h6-12,16H,13,24-25H2,1-5H3,(H,27,28);1-2H3;1H/b14-9-,17-11-;;/t16-;;/m1../s1. The van der Waals surface area contributed by atoms with Crippen LogP contribution in [0.5, 0.6) is 11.5 Å². The Bertz CT molecular complexity index is 1340. The van der Waals surface area contributed by atoms with Gasteiger partial charge in [-0.1, -0.05) is 19.9 Å². The maximum Gasteiger partial charge on any atom is 0.243 e. The lowest BCUT2D eigenvalue weighted by molar-refractivity contribution is 0.391. The third kappa shape index (κ3) is 7.06. The zero-order valence-electron chi connectivity index (χ0n) is 22.3. The molecule has 0 saturated heterocycles. The van der Waals surface area contributed by atoms with Gasteiger partial charge < -0.3 is 25.4 Å². The van der Waals surface area contributed by atoms with Crippen LogP contribution in [-0.4, -0.2) is 42.7 Å². The quantitative estimate of drug-likeness (QED) is 0.321. The molecule has 3 aromatic rings. The van der Waals surface area contributed by atoms with Crippen LogP contribution in [0.25, 0.3) is 17.3 Å². The normalized spacial score (nSPS) is 12.9. The zero-order chi connectivity index (χ0) is 27.8. The third-order valence-corrected chi connectivity index (χ3v) is 6.79. The van der Waals surface area contributed by atoms with E-state index in [1.807, 2.05) is 13.8 Å². The summed E-state index contributed by atoms with van der Waals surface area (Å²) in [4.78, 5) is 0. The molecule has 0 aliphatic heterocycles. The molecule has 0 aliphatic carbocycles. The molecule has 5 N–H and O–H groups in total. The van der Waals surface area contributed by atoms with Gasteiger partial charge in [0.15, 0.2) is 5.76 Å². The van der Waals surface area contributed by atoms with E-state index in [2.05, 4.69) is 14.9 Å². The van der Waals surface area contributed by atoms with E-state index in [0.717, 1.165) is 0 Å². The smallest absolute Gasteiger partial charge is 0.243 e. The van der Waals surface area contributed by atoms with Crippen molar-refractivity contribution in [2.45, 2.75) is 46.3 Å². The van der Waals surface area contributed by atoms with E-state index < -0.39 is 15.3 Å². The fourth-order valence-electron chi connectivity index (χ4n) is 3.30. The van der Waals surface area contributed by atoms with E-state index in [1.54, 1.807) is 63.3 Å². The Hall–Kier alpha value is -3.93. The highest BCUT2D eigenvalue weighted by Crippen LogP contribution is 2.38. The van der Waals surface area contributed by atoms with E-state index >= 15 is 0 Å². The van der Waals surface area contributed by atoms with Crippen molar-refractivity contribution in [1.29, 1.82) is 0 Å². The number of methoxy groups -OCH3 is 2. The van der Waals surface area contributed by atoms with Gasteiger partial charge in [0.05, 0.1) is 19.5 Å². The van der Waals surface area contributed by atoms with Crippen LogP contribution in [0.3, 0.4) is 0 Å². The molecule has 11 nitrogen and oxygen atoms in total. The lowest BCUT2D eigenvalue weighted by atomic mass is 10.2. The fourth-order valence-corrected chi connectivity index (χ4v) is 4.30. The van der Waals surface area contributed by atoms with Crippen LogP contribution in [0.15, 0.2) is 58.3 Å². The molecule has 0 amide bonds. The summed E-state index contributed by atoms with van der Waals surface area (Å²) in [6, 6.07) is 8.67. The molecule has 12 heteroatoms. The highest BCUT2D eigenvalue weighted by atomic mass is 32.2. The number of nitrogens with one attached hydrogen (secondary N) is 1. The maximum atomic E-state index is 13.2. The van der Waals surface area contributed by atoms with Crippen molar-refractivity contribution in [1.82, 2.24) is 14.8 Å². The number of sulfonamides is 1. The third-order valence-electron chi connectivity index (χ3n) is 5.10. The van der Waals surface area contributed by atoms with Crippen LogP contribution < -0.4 is 25.7 Å². The van der Waals surface area contributed by atoms with E-state index in [9.17, 15) is 8.42 Å². The monoisotopic (exact) mass is 534 g/mol. The number of rotatable bonds is 10. The van der Waals surface area contributed by atoms with Crippen molar-refractivity contribution in [3.8, 4) is 28.8 Å². The van der Waals surface area contributed by atoms with Crippen LogP contribution >= 0.6 is 0 Å². The molecule has 2 aromatic heterocycles. The average Bonchev–Trinajstić information content (AvgIpc) is 3.48. The molecule has 0 bridgehead atoms. The van der Waals surface area contributed by atoms with Gasteiger partial charge >= 0.3 is 0 Å². The largest absolute Gasteiger partial charge is 0.494 e. The number of benzene rings is 1. The minimum absolute atomic E-state index is 0. The van der Waals surface area contributed by atoms with Crippen LogP contribution in [0.1, 0.15) is 41.3 Å². The molecule has 0 fully saturated rings. The van der Waals surface area contributed by atoms with E-state index in [4.69, 9.17) is 25.4 Å².